The molecule has 4 heteroatoms. The van der Waals surface area contributed by atoms with Gasteiger partial charge in [0.05, 0.1) is 17.2 Å². The monoisotopic (exact) mass is 285 g/mol. The molecule has 1 heterocycles. The number of thioether (sulfide) groups is 1. The third-order valence-electron chi connectivity index (χ3n) is 3.00. The van der Waals surface area contributed by atoms with Crippen LogP contribution in [-0.2, 0) is 4.74 Å². The molecule has 1 aromatic rings. The highest BCUT2D eigenvalue weighted by Crippen LogP contribution is 2.31. The van der Waals surface area contributed by atoms with Crippen molar-refractivity contribution in [3.8, 4) is 0 Å². The van der Waals surface area contributed by atoms with Crippen LogP contribution in [0.5, 0.6) is 0 Å². The van der Waals surface area contributed by atoms with Gasteiger partial charge in [-0.25, -0.2) is 0 Å². The molecule has 0 radical (unpaired) electrons. The molecule has 0 spiro atoms. The van der Waals surface area contributed by atoms with Gasteiger partial charge in [0.15, 0.2) is 0 Å². The van der Waals surface area contributed by atoms with E-state index in [1.54, 1.807) is 11.8 Å². The van der Waals surface area contributed by atoms with Crippen molar-refractivity contribution < 1.29 is 4.74 Å². The molecule has 0 amide bonds. The zero-order chi connectivity index (χ0) is 13.1. The van der Waals surface area contributed by atoms with E-state index in [-0.39, 0.29) is 12.2 Å². The molecule has 0 saturated carbocycles. The Morgan fingerprint density at radius 2 is 2.00 bits per heavy atom. The van der Waals surface area contributed by atoms with E-state index in [4.69, 9.17) is 16.3 Å². The molecule has 2 atom stereocenters. The molecule has 1 aliphatic heterocycles. The fourth-order valence-electron chi connectivity index (χ4n) is 2.35. The van der Waals surface area contributed by atoms with E-state index in [1.165, 1.54) is 5.69 Å². The topological polar surface area (TPSA) is 12.5 Å². The second-order valence-corrected chi connectivity index (χ2v) is 6.42. The van der Waals surface area contributed by atoms with Crippen molar-refractivity contribution in [2.24, 2.45) is 0 Å². The molecule has 1 aromatic carbocycles. The first-order valence-corrected chi connectivity index (χ1v) is 7.79. The van der Waals surface area contributed by atoms with Gasteiger partial charge in [0.1, 0.15) is 0 Å². The summed E-state index contributed by atoms with van der Waals surface area (Å²) >= 11 is 8.10. The highest BCUT2D eigenvalue weighted by molar-refractivity contribution is 7.99. The second kappa shape index (κ2) is 6.18. The maximum Gasteiger partial charge on any atom is 0.0726 e. The third-order valence-corrected chi connectivity index (χ3v) is 4.38. The van der Waals surface area contributed by atoms with Crippen LogP contribution in [0.3, 0.4) is 0 Å². The van der Waals surface area contributed by atoms with Gasteiger partial charge in [0.25, 0.3) is 0 Å². The minimum absolute atomic E-state index is 0.275. The van der Waals surface area contributed by atoms with Crippen molar-refractivity contribution in [2.75, 3.05) is 23.7 Å². The lowest BCUT2D eigenvalue weighted by atomic mass is 10.2. The van der Waals surface area contributed by atoms with E-state index in [0.717, 1.165) is 28.8 Å². The van der Waals surface area contributed by atoms with Crippen LogP contribution in [0.1, 0.15) is 20.8 Å². The molecule has 0 N–H and O–H groups in total. The zero-order valence-electron chi connectivity index (χ0n) is 11.1. The SMILES string of the molecule is CCSc1ccc(N2CC(C)OC(C)C2)cc1Cl. The Morgan fingerprint density at radius 1 is 1.33 bits per heavy atom. The van der Waals surface area contributed by atoms with Gasteiger partial charge in [-0.15, -0.1) is 11.8 Å². The van der Waals surface area contributed by atoms with E-state index in [0.29, 0.717) is 0 Å². The number of benzene rings is 1. The maximum absolute atomic E-state index is 6.32. The van der Waals surface area contributed by atoms with Gasteiger partial charge in [-0.2, -0.15) is 0 Å². The van der Waals surface area contributed by atoms with E-state index >= 15 is 0 Å². The first kappa shape index (κ1) is 14.0. The van der Waals surface area contributed by atoms with Crippen LogP contribution < -0.4 is 4.90 Å². The summed E-state index contributed by atoms with van der Waals surface area (Å²) in [5.41, 5.74) is 1.20. The molecule has 1 fully saturated rings. The number of morpholine rings is 1. The molecular weight excluding hydrogens is 266 g/mol. The number of hydrogen-bond acceptors (Lipinski definition) is 3. The molecule has 0 aromatic heterocycles. The Hall–Kier alpha value is -0.380. The van der Waals surface area contributed by atoms with E-state index < -0.39 is 0 Å². The number of nitrogens with zero attached hydrogens (tertiary/aromatic N) is 1. The number of halogens is 1. The Labute approximate surface area is 119 Å². The smallest absolute Gasteiger partial charge is 0.0726 e. The number of anilines is 1. The summed E-state index contributed by atoms with van der Waals surface area (Å²) in [4.78, 5) is 3.52. The van der Waals surface area contributed by atoms with Crippen molar-refractivity contribution in [1.29, 1.82) is 0 Å². The summed E-state index contributed by atoms with van der Waals surface area (Å²) in [6.07, 6.45) is 0.550. The molecule has 1 aliphatic rings. The average molecular weight is 286 g/mol. The summed E-state index contributed by atoms with van der Waals surface area (Å²) in [6.45, 7) is 8.24. The van der Waals surface area contributed by atoms with Gasteiger partial charge in [-0.1, -0.05) is 18.5 Å². The molecule has 100 valence electrons. The first-order valence-electron chi connectivity index (χ1n) is 6.43. The van der Waals surface area contributed by atoms with E-state index in [9.17, 15) is 0 Å². The fourth-order valence-corrected chi connectivity index (χ4v) is 3.36. The molecule has 0 aliphatic carbocycles. The van der Waals surface area contributed by atoms with Crippen molar-refractivity contribution in [3.63, 3.8) is 0 Å². The minimum atomic E-state index is 0.275. The summed E-state index contributed by atoms with van der Waals surface area (Å²) in [5.74, 6) is 1.05. The van der Waals surface area contributed by atoms with Crippen LogP contribution in [0.15, 0.2) is 23.1 Å². The molecule has 1 saturated heterocycles. The number of ether oxygens (including phenoxy) is 1. The lowest BCUT2D eigenvalue weighted by Crippen LogP contribution is -2.45. The molecule has 2 nitrogen and oxygen atoms in total. The van der Waals surface area contributed by atoms with Gasteiger partial charge in [-0.3, -0.25) is 0 Å². The fraction of sp³-hybridized carbons (Fsp3) is 0.571. The molecule has 18 heavy (non-hydrogen) atoms. The number of hydrogen-bond donors (Lipinski definition) is 0. The van der Waals surface area contributed by atoms with Crippen molar-refractivity contribution in [2.45, 2.75) is 37.9 Å². The largest absolute Gasteiger partial charge is 0.372 e. The molecule has 2 rings (SSSR count). The Balaban J connectivity index is 2.15. The Morgan fingerprint density at radius 3 is 2.56 bits per heavy atom. The lowest BCUT2D eigenvalue weighted by Gasteiger charge is -2.37. The lowest BCUT2D eigenvalue weighted by molar-refractivity contribution is -0.00521. The maximum atomic E-state index is 6.32. The number of rotatable bonds is 3. The van der Waals surface area contributed by atoms with Crippen LogP contribution in [0.4, 0.5) is 5.69 Å². The van der Waals surface area contributed by atoms with Gasteiger partial charge in [0, 0.05) is 23.7 Å². The van der Waals surface area contributed by atoms with Crippen molar-refractivity contribution in [1.82, 2.24) is 0 Å². The van der Waals surface area contributed by atoms with Crippen molar-refractivity contribution in [3.05, 3.63) is 23.2 Å². The van der Waals surface area contributed by atoms with Crippen molar-refractivity contribution >= 4 is 29.1 Å². The Bertz CT molecular complexity index is 403. The summed E-state index contributed by atoms with van der Waals surface area (Å²) in [6, 6.07) is 6.36. The predicted octanol–water partition coefficient (Wildman–Crippen LogP) is 4.07. The van der Waals surface area contributed by atoms with Gasteiger partial charge in [-0.05, 0) is 37.8 Å². The molecule has 0 bridgehead atoms. The van der Waals surface area contributed by atoms with Crippen LogP contribution in [0.2, 0.25) is 5.02 Å². The quantitative estimate of drug-likeness (QED) is 0.777. The zero-order valence-corrected chi connectivity index (χ0v) is 12.7. The molecular formula is C14H20ClNOS. The summed E-state index contributed by atoms with van der Waals surface area (Å²) < 4.78 is 5.75. The molecule has 2 unspecified atom stereocenters. The minimum Gasteiger partial charge on any atom is -0.372 e. The van der Waals surface area contributed by atoms with Gasteiger partial charge in [0.2, 0.25) is 0 Å². The van der Waals surface area contributed by atoms with Crippen LogP contribution >= 0.6 is 23.4 Å². The summed E-state index contributed by atoms with van der Waals surface area (Å²) in [7, 11) is 0. The van der Waals surface area contributed by atoms with Crippen LogP contribution in [0, 0.1) is 0 Å². The normalized spacial score (nSPS) is 24.3. The third kappa shape index (κ3) is 3.34. The van der Waals surface area contributed by atoms with Crippen LogP contribution in [-0.4, -0.2) is 31.1 Å². The van der Waals surface area contributed by atoms with E-state index in [2.05, 4.69) is 43.9 Å². The summed E-state index contributed by atoms with van der Waals surface area (Å²) in [5, 5.41) is 0.853. The van der Waals surface area contributed by atoms with Gasteiger partial charge < -0.3 is 9.64 Å². The highest BCUT2D eigenvalue weighted by atomic mass is 35.5. The van der Waals surface area contributed by atoms with E-state index in [1.807, 2.05) is 0 Å². The highest BCUT2D eigenvalue weighted by Gasteiger charge is 2.22. The van der Waals surface area contributed by atoms with Gasteiger partial charge >= 0.3 is 0 Å². The van der Waals surface area contributed by atoms with Crippen LogP contribution in [0.25, 0.3) is 0 Å². The predicted molar refractivity (Wildman–Crippen MR) is 80.1 cm³/mol. The standard InChI is InChI=1S/C14H20ClNOS/c1-4-18-14-6-5-12(7-13(14)15)16-8-10(2)17-11(3)9-16/h5-7,10-11H,4,8-9H2,1-3H3. The first-order chi connectivity index (χ1) is 8.60. The Kier molecular flexibility index (Phi) is 4.82. The average Bonchev–Trinajstić information content (AvgIpc) is 2.30. The second-order valence-electron chi connectivity index (χ2n) is 4.71.